The maximum Gasteiger partial charge on any atom is 0.416 e. The van der Waals surface area contributed by atoms with Crippen molar-refractivity contribution in [3.05, 3.63) is 87.9 Å². The zero-order chi connectivity index (χ0) is 23.4. The van der Waals surface area contributed by atoms with Gasteiger partial charge in [0.05, 0.1) is 11.3 Å². The van der Waals surface area contributed by atoms with Crippen LogP contribution in [-0.2, 0) is 17.4 Å². The van der Waals surface area contributed by atoms with Gasteiger partial charge in [0.1, 0.15) is 5.82 Å². The zero-order valence-corrected chi connectivity index (χ0v) is 19.1. The van der Waals surface area contributed by atoms with Gasteiger partial charge in [0.25, 0.3) is 0 Å². The summed E-state index contributed by atoms with van der Waals surface area (Å²) in [6, 6.07) is 16.4. The Balaban J connectivity index is 1.51. The number of carbonyl (C=O) groups is 1. The van der Waals surface area contributed by atoms with Crippen LogP contribution in [0.25, 0.3) is 5.69 Å². The van der Waals surface area contributed by atoms with E-state index in [9.17, 15) is 18.0 Å². The van der Waals surface area contributed by atoms with Gasteiger partial charge in [0.2, 0.25) is 5.91 Å². The molecule has 0 bridgehead atoms. The van der Waals surface area contributed by atoms with Crippen molar-refractivity contribution in [1.82, 2.24) is 14.8 Å². The summed E-state index contributed by atoms with van der Waals surface area (Å²) in [4.78, 5) is 13.6. The van der Waals surface area contributed by atoms with Crippen LogP contribution in [0, 0.1) is 6.92 Å². The lowest BCUT2D eigenvalue weighted by atomic mass is 10.2. The number of anilines is 1. The number of amides is 1. The molecule has 0 saturated heterocycles. The highest BCUT2D eigenvalue weighted by molar-refractivity contribution is 7.99. The number of nitrogens with one attached hydrogen (secondary N) is 1. The number of hydrogen-bond donors (Lipinski definition) is 1. The van der Waals surface area contributed by atoms with Gasteiger partial charge in [-0.3, -0.25) is 9.36 Å². The molecule has 2 aromatic carbocycles. The smallest absolute Gasteiger partial charge is 0.325 e. The van der Waals surface area contributed by atoms with E-state index in [2.05, 4.69) is 15.5 Å². The quantitative estimate of drug-likeness (QED) is 0.325. The normalized spacial score (nSPS) is 11.5. The van der Waals surface area contributed by atoms with Gasteiger partial charge >= 0.3 is 6.18 Å². The number of benzene rings is 2. The molecule has 2 aromatic heterocycles. The molecule has 0 aliphatic carbocycles. The van der Waals surface area contributed by atoms with Crippen LogP contribution in [0.2, 0.25) is 0 Å². The summed E-state index contributed by atoms with van der Waals surface area (Å²) in [7, 11) is 0. The van der Waals surface area contributed by atoms with E-state index in [1.165, 1.54) is 23.9 Å². The first kappa shape index (κ1) is 23.1. The van der Waals surface area contributed by atoms with Crippen molar-refractivity contribution in [2.45, 2.75) is 24.7 Å². The monoisotopic (exact) mass is 488 g/mol. The summed E-state index contributed by atoms with van der Waals surface area (Å²) in [6.45, 7) is 2.00. The Labute approximate surface area is 196 Å². The number of thiophene rings is 1. The molecular weight excluding hydrogens is 469 g/mol. The maximum absolute atomic E-state index is 12.9. The fraction of sp³-hybridized carbons (Fsp3) is 0.174. The molecule has 0 aliphatic heterocycles. The molecule has 0 unspecified atom stereocenters. The minimum Gasteiger partial charge on any atom is -0.325 e. The predicted octanol–water partition coefficient (Wildman–Crippen LogP) is 5.98. The largest absolute Gasteiger partial charge is 0.416 e. The van der Waals surface area contributed by atoms with Crippen molar-refractivity contribution in [3.63, 3.8) is 0 Å². The topological polar surface area (TPSA) is 59.8 Å². The molecule has 170 valence electrons. The van der Waals surface area contributed by atoms with Gasteiger partial charge in [-0.05, 0) is 48.7 Å². The number of aryl methyl sites for hydroxylation is 1. The minimum absolute atomic E-state index is 0.0285. The minimum atomic E-state index is -4.47. The van der Waals surface area contributed by atoms with Crippen molar-refractivity contribution < 1.29 is 18.0 Å². The standard InChI is InChI=1S/C23H19F3N4OS2/c1-15-7-9-18(10-8-15)30-20(13-19-6-3-11-32-19)28-29-22(30)33-14-21(31)27-17-5-2-4-16(12-17)23(24,25)26/h2-12H,13-14H2,1H3,(H,27,31). The van der Waals surface area contributed by atoms with Crippen molar-refractivity contribution in [3.8, 4) is 5.69 Å². The molecule has 0 aliphatic rings. The molecule has 1 amide bonds. The number of rotatable bonds is 7. The first-order valence-corrected chi connectivity index (χ1v) is 11.8. The Morgan fingerprint density at radius 1 is 1.09 bits per heavy atom. The molecular formula is C23H19F3N4OS2. The molecule has 5 nitrogen and oxygen atoms in total. The van der Waals surface area contributed by atoms with Gasteiger partial charge in [0, 0.05) is 22.7 Å². The van der Waals surface area contributed by atoms with E-state index < -0.39 is 17.6 Å². The van der Waals surface area contributed by atoms with Crippen molar-refractivity contribution in [2.24, 2.45) is 0 Å². The van der Waals surface area contributed by atoms with Gasteiger partial charge in [-0.2, -0.15) is 13.2 Å². The SMILES string of the molecule is Cc1ccc(-n2c(Cc3cccs3)nnc2SCC(=O)Nc2cccc(C(F)(F)F)c2)cc1. The van der Waals surface area contributed by atoms with E-state index >= 15 is 0 Å². The van der Waals surface area contributed by atoms with Crippen LogP contribution < -0.4 is 5.32 Å². The van der Waals surface area contributed by atoms with Crippen molar-refractivity contribution >= 4 is 34.7 Å². The lowest BCUT2D eigenvalue weighted by Crippen LogP contribution is -2.15. The molecule has 0 radical (unpaired) electrons. The van der Waals surface area contributed by atoms with E-state index in [1.54, 1.807) is 11.3 Å². The number of halogens is 3. The summed E-state index contributed by atoms with van der Waals surface area (Å²) < 4.78 is 40.6. The second kappa shape index (κ2) is 9.80. The van der Waals surface area contributed by atoms with Gasteiger partial charge in [-0.15, -0.1) is 21.5 Å². The summed E-state index contributed by atoms with van der Waals surface area (Å²) in [6.07, 6.45) is -3.88. The highest BCUT2D eigenvalue weighted by atomic mass is 32.2. The molecule has 0 saturated carbocycles. The van der Waals surface area contributed by atoms with E-state index in [1.807, 2.05) is 53.3 Å². The highest BCUT2D eigenvalue weighted by Crippen LogP contribution is 2.31. The number of nitrogens with zero attached hydrogens (tertiary/aromatic N) is 3. The summed E-state index contributed by atoms with van der Waals surface area (Å²) in [5.41, 5.74) is 1.26. The van der Waals surface area contributed by atoms with Gasteiger partial charge in [-0.25, -0.2) is 0 Å². The zero-order valence-electron chi connectivity index (χ0n) is 17.5. The molecule has 10 heteroatoms. The van der Waals surface area contributed by atoms with Crippen LogP contribution >= 0.6 is 23.1 Å². The third-order valence-electron chi connectivity index (χ3n) is 4.71. The Morgan fingerprint density at radius 3 is 2.58 bits per heavy atom. The highest BCUT2D eigenvalue weighted by Gasteiger charge is 2.30. The number of hydrogen-bond acceptors (Lipinski definition) is 5. The second-order valence-corrected chi connectivity index (χ2v) is 9.22. The molecule has 33 heavy (non-hydrogen) atoms. The van der Waals surface area contributed by atoms with Crippen LogP contribution in [0.3, 0.4) is 0 Å². The number of carbonyl (C=O) groups excluding carboxylic acids is 1. The van der Waals surface area contributed by atoms with E-state index in [0.29, 0.717) is 11.6 Å². The van der Waals surface area contributed by atoms with Crippen LogP contribution in [0.4, 0.5) is 18.9 Å². The van der Waals surface area contributed by atoms with Gasteiger partial charge in [0.15, 0.2) is 5.16 Å². The fourth-order valence-electron chi connectivity index (χ4n) is 3.13. The maximum atomic E-state index is 12.9. The van der Waals surface area contributed by atoms with Gasteiger partial charge < -0.3 is 5.32 Å². The average Bonchev–Trinajstić information content (AvgIpc) is 3.43. The molecule has 0 atom stereocenters. The summed E-state index contributed by atoms with van der Waals surface area (Å²) >= 11 is 2.80. The van der Waals surface area contributed by atoms with E-state index in [0.717, 1.165) is 34.1 Å². The van der Waals surface area contributed by atoms with Crippen molar-refractivity contribution in [1.29, 1.82) is 0 Å². The van der Waals surface area contributed by atoms with Crippen LogP contribution in [0.15, 0.2) is 71.2 Å². The number of alkyl halides is 3. The third-order valence-corrected chi connectivity index (χ3v) is 6.52. The fourth-order valence-corrected chi connectivity index (χ4v) is 4.60. The van der Waals surface area contributed by atoms with Crippen LogP contribution in [0.1, 0.15) is 21.8 Å². The lowest BCUT2D eigenvalue weighted by Gasteiger charge is -2.11. The molecule has 2 heterocycles. The van der Waals surface area contributed by atoms with Crippen molar-refractivity contribution in [2.75, 3.05) is 11.1 Å². The molecule has 0 fully saturated rings. The Bertz CT molecular complexity index is 1240. The number of aromatic nitrogens is 3. The Morgan fingerprint density at radius 2 is 1.88 bits per heavy atom. The summed E-state index contributed by atoms with van der Waals surface area (Å²) in [5.74, 6) is 0.277. The number of thioether (sulfide) groups is 1. The Hall–Kier alpha value is -3.11. The molecule has 4 rings (SSSR count). The predicted molar refractivity (Wildman–Crippen MR) is 124 cm³/mol. The first-order valence-electron chi connectivity index (χ1n) is 9.93. The molecule has 4 aromatic rings. The van der Waals surface area contributed by atoms with E-state index in [4.69, 9.17) is 0 Å². The van der Waals surface area contributed by atoms with Gasteiger partial charge in [-0.1, -0.05) is 41.6 Å². The van der Waals surface area contributed by atoms with Crippen LogP contribution in [-0.4, -0.2) is 26.4 Å². The Kier molecular flexibility index (Phi) is 6.85. The average molecular weight is 489 g/mol. The summed E-state index contributed by atoms with van der Waals surface area (Å²) in [5, 5.41) is 13.7. The second-order valence-electron chi connectivity index (χ2n) is 7.24. The first-order chi connectivity index (χ1) is 15.8. The van der Waals surface area contributed by atoms with E-state index in [-0.39, 0.29) is 11.4 Å². The molecule has 0 spiro atoms. The van der Waals surface area contributed by atoms with Crippen LogP contribution in [0.5, 0.6) is 0 Å². The third kappa shape index (κ3) is 5.82. The lowest BCUT2D eigenvalue weighted by molar-refractivity contribution is -0.137. The molecule has 1 N–H and O–H groups in total.